The van der Waals surface area contributed by atoms with Crippen LogP contribution in [0.25, 0.3) is 11.3 Å². The molecule has 0 radical (unpaired) electrons. The number of benzene rings is 2. The van der Waals surface area contributed by atoms with Gasteiger partial charge in [-0.05, 0) is 18.2 Å². The zero-order valence-corrected chi connectivity index (χ0v) is 15.7. The molecule has 0 saturated heterocycles. The molecular formula is C19H13N5O4S. The summed E-state index contributed by atoms with van der Waals surface area (Å²) in [5, 5.41) is 21.0. The van der Waals surface area contributed by atoms with Crippen LogP contribution in [0.4, 0.5) is 11.5 Å². The van der Waals surface area contributed by atoms with Crippen molar-refractivity contribution in [3.63, 3.8) is 0 Å². The highest BCUT2D eigenvalue weighted by Gasteiger charge is 2.20. The topological polar surface area (TPSA) is 137 Å². The summed E-state index contributed by atoms with van der Waals surface area (Å²) < 4.78 is 10.7. The van der Waals surface area contributed by atoms with Crippen molar-refractivity contribution in [1.29, 1.82) is 5.26 Å². The van der Waals surface area contributed by atoms with Crippen molar-refractivity contribution in [2.24, 2.45) is 0 Å². The maximum absolute atomic E-state index is 11.2. The number of fused-ring (bicyclic) bond motifs is 1. The number of ether oxygens (including phenoxy) is 2. The molecular weight excluding hydrogens is 394 g/mol. The molecule has 0 spiro atoms. The number of nitrogen functional groups attached to an aromatic ring is 1. The van der Waals surface area contributed by atoms with E-state index in [1.54, 1.807) is 36.4 Å². The van der Waals surface area contributed by atoms with Crippen LogP contribution in [0, 0.1) is 21.4 Å². The van der Waals surface area contributed by atoms with Gasteiger partial charge in [0, 0.05) is 22.9 Å². The fourth-order valence-corrected chi connectivity index (χ4v) is 3.69. The first-order valence-electron chi connectivity index (χ1n) is 8.39. The van der Waals surface area contributed by atoms with Crippen molar-refractivity contribution >= 4 is 23.3 Å². The number of anilines is 1. The Kier molecular flexibility index (Phi) is 4.88. The summed E-state index contributed by atoms with van der Waals surface area (Å²) in [5.41, 5.74) is 7.69. The van der Waals surface area contributed by atoms with Gasteiger partial charge < -0.3 is 15.2 Å². The summed E-state index contributed by atoms with van der Waals surface area (Å²) in [6.45, 7) is 0.132. The van der Waals surface area contributed by atoms with Crippen LogP contribution in [0.1, 0.15) is 11.1 Å². The van der Waals surface area contributed by atoms with Gasteiger partial charge >= 0.3 is 0 Å². The van der Waals surface area contributed by atoms with E-state index >= 15 is 0 Å². The summed E-state index contributed by atoms with van der Waals surface area (Å²) >= 11 is 1.20. The molecule has 0 saturated carbocycles. The Labute approximate surface area is 169 Å². The van der Waals surface area contributed by atoms with Crippen LogP contribution in [0.5, 0.6) is 11.5 Å². The minimum Gasteiger partial charge on any atom is -0.454 e. The molecule has 1 aliphatic rings. The van der Waals surface area contributed by atoms with Crippen LogP contribution >= 0.6 is 11.8 Å². The molecule has 9 nitrogen and oxygen atoms in total. The van der Waals surface area contributed by atoms with Crippen molar-refractivity contribution in [3.05, 3.63) is 63.7 Å². The number of rotatable bonds is 5. The van der Waals surface area contributed by atoms with Gasteiger partial charge in [-0.3, -0.25) is 10.1 Å². The van der Waals surface area contributed by atoms with Gasteiger partial charge in [-0.1, -0.05) is 30.0 Å². The van der Waals surface area contributed by atoms with Crippen LogP contribution in [0.15, 0.2) is 47.6 Å². The van der Waals surface area contributed by atoms with Gasteiger partial charge in [-0.15, -0.1) is 0 Å². The maximum Gasteiger partial charge on any atom is 0.273 e. The number of hydrogen-bond donors (Lipinski definition) is 1. The zero-order valence-electron chi connectivity index (χ0n) is 14.9. The van der Waals surface area contributed by atoms with Gasteiger partial charge in [-0.25, -0.2) is 9.97 Å². The summed E-state index contributed by atoms with van der Waals surface area (Å²) in [6.07, 6.45) is 0. The third-order valence-corrected chi connectivity index (χ3v) is 5.12. The van der Waals surface area contributed by atoms with Gasteiger partial charge in [0.1, 0.15) is 17.5 Å². The molecule has 2 aromatic carbocycles. The third-order valence-electron chi connectivity index (χ3n) is 4.22. The minimum absolute atomic E-state index is 0.0256. The molecule has 4 rings (SSSR count). The van der Waals surface area contributed by atoms with Crippen LogP contribution in [0.2, 0.25) is 0 Å². The van der Waals surface area contributed by atoms with Gasteiger partial charge in [0.15, 0.2) is 16.7 Å². The highest BCUT2D eigenvalue weighted by molar-refractivity contribution is 7.98. The first-order chi connectivity index (χ1) is 14.1. The van der Waals surface area contributed by atoms with Crippen molar-refractivity contribution in [1.82, 2.24) is 9.97 Å². The monoisotopic (exact) mass is 407 g/mol. The van der Waals surface area contributed by atoms with E-state index in [0.29, 0.717) is 33.5 Å². The van der Waals surface area contributed by atoms with E-state index in [4.69, 9.17) is 15.2 Å². The van der Waals surface area contributed by atoms with Gasteiger partial charge in [-0.2, -0.15) is 5.26 Å². The average Bonchev–Trinajstić information content (AvgIpc) is 3.19. The van der Waals surface area contributed by atoms with E-state index in [0.717, 1.165) is 0 Å². The number of aromatic nitrogens is 2. The Hall–Kier alpha value is -3.84. The van der Waals surface area contributed by atoms with E-state index in [2.05, 4.69) is 9.97 Å². The van der Waals surface area contributed by atoms with Crippen LogP contribution in [-0.4, -0.2) is 21.7 Å². The fraction of sp³-hybridized carbons (Fsp3) is 0.105. The Balaban J connectivity index is 1.68. The molecule has 144 valence electrons. The summed E-state index contributed by atoms with van der Waals surface area (Å²) in [5.74, 6) is 1.49. The SMILES string of the molecule is N#Cc1c(N)nc(SCc2ccccc2[N+](=O)[O-])nc1-c1ccc2c(c1)OCO2. The Bertz CT molecular complexity index is 1160. The number of hydrogen-bond acceptors (Lipinski definition) is 9. The smallest absolute Gasteiger partial charge is 0.273 e. The minimum atomic E-state index is -0.429. The molecule has 2 heterocycles. The lowest BCUT2D eigenvalue weighted by Gasteiger charge is -2.09. The van der Waals surface area contributed by atoms with Crippen molar-refractivity contribution in [2.75, 3.05) is 12.5 Å². The predicted octanol–water partition coefficient (Wildman–Crippen LogP) is 3.53. The molecule has 0 unspecified atom stereocenters. The Morgan fingerprint density at radius 2 is 2.00 bits per heavy atom. The first-order valence-corrected chi connectivity index (χ1v) is 9.38. The Morgan fingerprint density at radius 3 is 2.79 bits per heavy atom. The number of nitro groups is 1. The average molecular weight is 407 g/mol. The largest absolute Gasteiger partial charge is 0.454 e. The quantitative estimate of drug-likeness (QED) is 0.291. The third kappa shape index (κ3) is 3.63. The molecule has 0 atom stereocenters. The molecule has 0 fully saturated rings. The van der Waals surface area contributed by atoms with Crippen LogP contribution in [-0.2, 0) is 5.75 Å². The molecule has 1 aliphatic heterocycles. The lowest BCUT2D eigenvalue weighted by molar-refractivity contribution is -0.385. The van der Waals surface area contributed by atoms with Gasteiger partial charge in [0.25, 0.3) is 5.69 Å². The highest BCUT2D eigenvalue weighted by atomic mass is 32.2. The van der Waals surface area contributed by atoms with Gasteiger partial charge in [0.2, 0.25) is 6.79 Å². The number of thioether (sulfide) groups is 1. The van der Waals surface area contributed by atoms with Crippen LogP contribution < -0.4 is 15.2 Å². The lowest BCUT2D eigenvalue weighted by atomic mass is 10.1. The highest BCUT2D eigenvalue weighted by Crippen LogP contribution is 2.37. The molecule has 2 N–H and O–H groups in total. The lowest BCUT2D eigenvalue weighted by Crippen LogP contribution is -2.03. The van der Waals surface area contributed by atoms with Crippen molar-refractivity contribution in [3.8, 4) is 28.8 Å². The molecule has 29 heavy (non-hydrogen) atoms. The number of nitriles is 1. The normalized spacial score (nSPS) is 11.8. The summed E-state index contributed by atoms with van der Waals surface area (Å²) in [6, 6.07) is 13.7. The number of para-hydroxylation sites is 1. The molecule has 3 aromatic rings. The Morgan fingerprint density at radius 1 is 1.21 bits per heavy atom. The maximum atomic E-state index is 11.2. The van der Waals surface area contributed by atoms with E-state index < -0.39 is 4.92 Å². The fourth-order valence-electron chi connectivity index (χ4n) is 2.84. The standard InChI is InChI=1S/C19H13N5O4S/c20-8-13-17(11-5-6-15-16(7-11)28-10-27-15)22-19(23-18(13)21)29-9-12-3-1-2-4-14(12)24(25)26/h1-7H,9-10H2,(H2,21,22,23). The molecule has 0 aliphatic carbocycles. The van der Waals surface area contributed by atoms with Crippen LogP contribution in [0.3, 0.4) is 0 Å². The van der Waals surface area contributed by atoms with E-state index in [1.807, 2.05) is 6.07 Å². The molecule has 0 amide bonds. The summed E-state index contributed by atoms with van der Waals surface area (Å²) in [7, 11) is 0. The zero-order chi connectivity index (χ0) is 20.4. The van der Waals surface area contributed by atoms with E-state index in [-0.39, 0.29) is 29.6 Å². The van der Waals surface area contributed by atoms with E-state index in [9.17, 15) is 15.4 Å². The molecule has 0 bridgehead atoms. The van der Waals surface area contributed by atoms with Crippen molar-refractivity contribution < 1.29 is 14.4 Å². The second kappa shape index (κ2) is 7.65. The number of nitrogens with zero attached hydrogens (tertiary/aromatic N) is 4. The second-order valence-electron chi connectivity index (χ2n) is 5.97. The number of nitrogens with two attached hydrogens (primary N) is 1. The predicted molar refractivity (Wildman–Crippen MR) is 105 cm³/mol. The molecule has 10 heteroatoms. The van der Waals surface area contributed by atoms with Gasteiger partial charge in [0.05, 0.1) is 10.6 Å². The first kappa shape index (κ1) is 18.5. The summed E-state index contributed by atoms with van der Waals surface area (Å²) in [4.78, 5) is 19.4. The number of nitro benzene ring substituents is 1. The van der Waals surface area contributed by atoms with E-state index in [1.165, 1.54) is 17.8 Å². The van der Waals surface area contributed by atoms with Crippen molar-refractivity contribution in [2.45, 2.75) is 10.9 Å². The molecule has 1 aromatic heterocycles. The second-order valence-corrected chi connectivity index (χ2v) is 6.91.